The highest BCUT2D eigenvalue weighted by atomic mass is 19.4. The van der Waals surface area contributed by atoms with Crippen molar-refractivity contribution in [1.29, 1.82) is 0 Å². The maximum atomic E-state index is 13.1. The fraction of sp³-hybridized carbons (Fsp3) is 0.529. The zero-order valence-electron chi connectivity index (χ0n) is 14.3. The summed E-state index contributed by atoms with van der Waals surface area (Å²) in [5.41, 5.74) is 5.53. The lowest BCUT2D eigenvalue weighted by Gasteiger charge is -2.28. The van der Waals surface area contributed by atoms with Crippen LogP contribution in [0.1, 0.15) is 36.1 Å². The number of carbonyl (C=O) groups is 2. The van der Waals surface area contributed by atoms with Crippen molar-refractivity contribution < 1.29 is 22.8 Å². The monoisotopic (exact) mass is 370 g/mol. The number of alkyl halides is 3. The number of hydrogen-bond acceptors (Lipinski definition) is 4. The molecule has 2 aliphatic rings. The van der Waals surface area contributed by atoms with Gasteiger partial charge in [0.05, 0.1) is 5.56 Å². The van der Waals surface area contributed by atoms with Gasteiger partial charge in [0.1, 0.15) is 6.04 Å². The smallest absolute Gasteiger partial charge is 0.340 e. The lowest BCUT2D eigenvalue weighted by Crippen LogP contribution is -2.46. The van der Waals surface area contributed by atoms with Gasteiger partial charge >= 0.3 is 6.18 Å². The van der Waals surface area contributed by atoms with E-state index >= 15 is 0 Å². The quantitative estimate of drug-likeness (QED) is 0.844. The van der Waals surface area contributed by atoms with Crippen LogP contribution in [0, 0.1) is 5.92 Å². The van der Waals surface area contributed by atoms with Crippen LogP contribution in [0.4, 0.5) is 13.2 Å². The summed E-state index contributed by atoms with van der Waals surface area (Å²) in [5.74, 6) is -1.23. The number of hydrazine groups is 1. The third kappa shape index (κ3) is 3.41. The Labute approximate surface area is 149 Å². The molecular formula is C17H21F3N4O2. The first kappa shape index (κ1) is 18.7. The largest absolute Gasteiger partial charge is 0.416 e. The molecule has 6 nitrogen and oxygen atoms in total. The van der Waals surface area contributed by atoms with E-state index in [2.05, 4.69) is 5.32 Å². The fourth-order valence-electron chi connectivity index (χ4n) is 3.29. The minimum atomic E-state index is -4.47. The lowest BCUT2D eigenvalue weighted by molar-refractivity contribution is -0.148. The summed E-state index contributed by atoms with van der Waals surface area (Å²) in [6.07, 6.45) is -3.73. The molecule has 2 heterocycles. The van der Waals surface area contributed by atoms with Crippen molar-refractivity contribution >= 4 is 11.8 Å². The molecule has 3 rings (SSSR count). The highest BCUT2D eigenvalue weighted by Crippen LogP contribution is 2.35. The van der Waals surface area contributed by atoms with Gasteiger partial charge in [-0.2, -0.15) is 13.2 Å². The van der Waals surface area contributed by atoms with E-state index in [4.69, 9.17) is 5.73 Å². The van der Waals surface area contributed by atoms with Gasteiger partial charge in [-0.3, -0.25) is 14.6 Å². The predicted molar refractivity (Wildman–Crippen MR) is 87.3 cm³/mol. The van der Waals surface area contributed by atoms with E-state index in [0.29, 0.717) is 24.2 Å². The zero-order valence-corrected chi connectivity index (χ0v) is 14.3. The Bertz CT molecular complexity index is 722. The first-order valence-electron chi connectivity index (χ1n) is 8.49. The topological polar surface area (TPSA) is 78.7 Å². The van der Waals surface area contributed by atoms with Crippen LogP contribution >= 0.6 is 0 Å². The predicted octanol–water partition coefficient (Wildman–Crippen LogP) is 1.42. The highest BCUT2D eigenvalue weighted by Gasteiger charge is 2.40. The van der Waals surface area contributed by atoms with Crippen LogP contribution < -0.4 is 11.1 Å². The van der Waals surface area contributed by atoms with Gasteiger partial charge in [0, 0.05) is 32.1 Å². The van der Waals surface area contributed by atoms with Crippen molar-refractivity contribution in [2.24, 2.45) is 11.7 Å². The first-order valence-corrected chi connectivity index (χ1v) is 8.49. The molecule has 1 aromatic rings. The number of nitrogens with two attached hydrogens (primary N) is 1. The van der Waals surface area contributed by atoms with Gasteiger partial charge in [0.15, 0.2) is 0 Å². The summed E-state index contributed by atoms with van der Waals surface area (Å²) in [4.78, 5) is 25.2. The Hall–Kier alpha value is -2.13. The van der Waals surface area contributed by atoms with Crippen molar-refractivity contribution in [3.63, 3.8) is 0 Å². The molecule has 9 heteroatoms. The highest BCUT2D eigenvalue weighted by molar-refractivity contribution is 5.90. The van der Waals surface area contributed by atoms with Gasteiger partial charge < -0.3 is 11.1 Å². The molecule has 1 aromatic carbocycles. The lowest BCUT2D eigenvalue weighted by atomic mass is 9.96. The molecule has 2 amide bonds. The summed E-state index contributed by atoms with van der Waals surface area (Å²) in [6, 6.07) is 2.29. The normalized spacial score (nSPS) is 21.8. The molecule has 1 fully saturated rings. The molecule has 2 aliphatic heterocycles. The average Bonchev–Trinajstić information content (AvgIpc) is 3.02. The maximum Gasteiger partial charge on any atom is 0.416 e. The van der Waals surface area contributed by atoms with E-state index in [1.54, 1.807) is 11.9 Å². The third-order valence-electron chi connectivity index (χ3n) is 4.85. The van der Waals surface area contributed by atoms with Crippen LogP contribution in [0.3, 0.4) is 0 Å². The minimum Gasteiger partial charge on any atom is -0.340 e. The van der Waals surface area contributed by atoms with Crippen LogP contribution in [0.2, 0.25) is 0 Å². The molecule has 0 radical (unpaired) electrons. The fourth-order valence-corrected chi connectivity index (χ4v) is 3.29. The molecular weight excluding hydrogens is 349 g/mol. The van der Waals surface area contributed by atoms with E-state index in [9.17, 15) is 22.8 Å². The van der Waals surface area contributed by atoms with E-state index in [-0.39, 0.29) is 19.0 Å². The number of benzene rings is 1. The van der Waals surface area contributed by atoms with Gasteiger partial charge in [0.2, 0.25) is 5.91 Å². The number of nitrogens with zero attached hydrogens (tertiary/aromatic N) is 2. The summed E-state index contributed by atoms with van der Waals surface area (Å²) in [7, 11) is 0. The van der Waals surface area contributed by atoms with Crippen molar-refractivity contribution in [3.8, 4) is 0 Å². The second kappa shape index (κ2) is 6.88. The standard InChI is InChI=1S/C17H21F3N4O2/c1-10(8-21)15(25)22-14-13-4-3-12(17(18,19)20)7-11(13)9-23-5-2-6-24(23)16(14)26/h3-4,7,10,14H,2,5-6,8-9,21H2,1H3,(H,22,25)/t10-,14?/m1/s1. The van der Waals surface area contributed by atoms with Crippen LogP contribution in [-0.2, 0) is 22.3 Å². The summed E-state index contributed by atoms with van der Waals surface area (Å²) < 4.78 is 39.3. The molecule has 0 spiro atoms. The van der Waals surface area contributed by atoms with Crippen molar-refractivity contribution in [1.82, 2.24) is 15.3 Å². The summed E-state index contributed by atoms with van der Waals surface area (Å²) in [5, 5.41) is 5.92. The molecule has 142 valence electrons. The zero-order chi connectivity index (χ0) is 19.1. The number of amides is 2. The maximum absolute atomic E-state index is 13.1. The van der Waals surface area contributed by atoms with Gasteiger partial charge in [-0.15, -0.1) is 0 Å². The van der Waals surface area contributed by atoms with Crippen LogP contribution in [0.5, 0.6) is 0 Å². The second-order valence-electron chi connectivity index (χ2n) is 6.69. The summed E-state index contributed by atoms with van der Waals surface area (Å²) >= 11 is 0. The molecule has 0 saturated carbocycles. The van der Waals surface area contributed by atoms with Crippen LogP contribution in [-0.4, -0.2) is 41.5 Å². The van der Waals surface area contributed by atoms with Crippen molar-refractivity contribution in [2.75, 3.05) is 19.6 Å². The number of halogens is 3. The molecule has 1 saturated heterocycles. The molecule has 1 unspecified atom stereocenters. The Morgan fingerprint density at radius 1 is 1.38 bits per heavy atom. The van der Waals surface area contributed by atoms with E-state index in [1.807, 2.05) is 0 Å². The van der Waals surface area contributed by atoms with Gasteiger partial charge in [-0.1, -0.05) is 13.0 Å². The number of rotatable bonds is 3. The molecule has 3 N–H and O–H groups in total. The molecule has 0 bridgehead atoms. The Balaban J connectivity index is 2.02. The molecule has 0 aromatic heterocycles. The summed E-state index contributed by atoms with van der Waals surface area (Å²) in [6.45, 7) is 3.01. The Morgan fingerprint density at radius 2 is 2.12 bits per heavy atom. The first-order chi connectivity index (χ1) is 12.2. The van der Waals surface area contributed by atoms with Crippen molar-refractivity contribution in [3.05, 3.63) is 34.9 Å². The average molecular weight is 370 g/mol. The Kier molecular flexibility index (Phi) is 4.94. The number of carbonyl (C=O) groups excluding carboxylic acids is 2. The van der Waals surface area contributed by atoms with Crippen LogP contribution in [0.15, 0.2) is 18.2 Å². The number of hydrogen-bond donors (Lipinski definition) is 2. The van der Waals surface area contributed by atoms with Crippen molar-refractivity contribution in [2.45, 2.75) is 32.1 Å². The van der Waals surface area contributed by atoms with Gasteiger partial charge in [-0.25, -0.2) is 5.01 Å². The SMILES string of the molecule is C[C@H](CN)C(=O)NC1C(=O)N2CCCN2Cc2cc(C(F)(F)F)ccc21. The Morgan fingerprint density at radius 3 is 2.77 bits per heavy atom. The third-order valence-corrected chi connectivity index (χ3v) is 4.85. The van der Waals surface area contributed by atoms with Gasteiger partial charge in [-0.05, 0) is 29.7 Å². The van der Waals surface area contributed by atoms with E-state index < -0.39 is 29.6 Å². The molecule has 2 atom stereocenters. The van der Waals surface area contributed by atoms with E-state index in [0.717, 1.165) is 18.6 Å². The number of nitrogens with one attached hydrogen (secondary N) is 1. The van der Waals surface area contributed by atoms with Gasteiger partial charge in [0.25, 0.3) is 5.91 Å². The number of fused-ring (bicyclic) bond motifs is 2. The second-order valence-corrected chi connectivity index (χ2v) is 6.69. The molecule has 26 heavy (non-hydrogen) atoms. The van der Waals surface area contributed by atoms with E-state index in [1.165, 1.54) is 11.1 Å². The molecule has 0 aliphatic carbocycles. The minimum absolute atomic E-state index is 0.114. The van der Waals surface area contributed by atoms with Crippen LogP contribution in [0.25, 0.3) is 0 Å².